The molecular weight excluding hydrogens is 84.1 g/mol. The zero-order valence-electron chi connectivity index (χ0n) is 4.15. The molecule has 3 radical (unpaired) electrons. The van der Waals surface area contributed by atoms with Gasteiger partial charge in [-0.1, -0.05) is 12.1 Å². The van der Waals surface area contributed by atoms with Crippen molar-refractivity contribution in [1.29, 1.82) is 0 Å². The minimum Gasteiger partial charge on any atom is -0.0534 e. The normalized spacial score (nSPS) is 8.71. The first kappa shape index (κ1) is 4.38. The zero-order valence-corrected chi connectivity index (χ0v) is 4.15. The fourth-order valence-electron chi connectivity index (χ4n) is 0.394. The largest absolute Gasteiger partial charge is 0.0534 e. The molecule has 1 aromatic carbocycles. The Morgan fingerprint density at radius 1 is 1.43 bits per heavy atom. The Morgan fingerprint density at radius 3 is 2.57 bits per heavy atom. The van der Waals surface area contributed by atoms with E-state index in [-0.39, 0.29) is 0 Å². The van der Waals surface area contributed by atoms with Gasteiger partial charge in [-0.3, -0.25) is 0 Å². The third-order valence-electron chi connectivity index (χ3n) is 0.726. The maximum absolute atomic E-state index is 2.94. The van der Waals surface area contributed by atoms with Crippen LogP contribution in [0.2, 0.25) is 0 Å². The Balaban J connectivity index is 3.02. The fraction of sp³-hybridized carbons (Fsp3) is 0.143. The summed E-state index contributed by atoms with van der Waals surface area (Å²) in [6, 6.07) is 12.2. The van der Waals surface area contributed by atoms with Gasteiger partial charge < -0.3 is 0 Å². The van der Waals surface area contributed by atoms with E-state index in [9.17, 15) is 0 Å². The number of hydrogen-bond donors (Lipinski definition) is 0. The van der Waals surface area contributed by atoms with Crippen molar-refractivity contribution >= 4 is 0 Å². The molecule has 0 aliphatic rings. The molecule has 0 amide bonds. The van der Waals surface area contributed by atoms with Crippen LogP contribution in [0, 0.1) is 25.1 Å². The van der Waals surface area contributed by atoms with Crippen LogP contribution in [-0.4, -0.2) is 0 Å². The number of rotatable bonds is 0. The summed E-state index contributed by atoms with van der Waals surface area (Å²) in [6.45, 7) is 1.94. The van der Waals surface area contributed by atoms with Gasteiger partial charge in [0.15, 0.2) is 0 Å². The SMILES string of the molecule is Cc1[c][c]cc[c]1. The van der Waals surface area contributed by atoms with Crippen molar-refractivity contribution < 1.29 is 0 Å². The molecule has 7 heavy (non-hydrogen) atoms. The summed E-state index contributed by atoms with van der Waals surface area (Å²) >= 11 is 0. The molecule has 0 nitrogen and oxygen atoms in total. The second-order valence-electron chi connectivity index (χ2n) is 1.37. The predicted octanol–water partition coefficient (Wildman–Crippen LogP) is 1.40. The number of hydrogen-bond acceptors (Lipinski definition) is 0. The van der Waals surface area contributed by atoms with E-state index in [1.165, 1.54) is 0 Å². The van der Waals surface area contributed by atoms with Crippen molar-refractivity contribution in [1.82, 2.24) is 0 Å². The summed E-state index contributed by atoms with van der Waals surface area (Å²) in [5, 5.41) is 0. The van der Waals surface area contributed by atoms with Crippen LogP contribution in [0.3, 0.4) is 0 Å². The van der Waals surface area contributed by atoms with Gasteiger partial charge >= 0.3 is 0 Å². The van der Waals surface area contributed by atoms with E-state index in [1.807, 2.05) is 13.0 Å². The molecule has 0 atom stereocenters. The Kier molecular flexibility index (Phi) is 1.12. The molecule has 0 aliphatic heterocycles. The molecule has 0 unspecified atom stereocenters. The van der Waals surface area contributed by atoms with E-state index in [0.717, 1.165) is 5.56 Å². The monoisotopic (exact) mass is 89.0 g/mol. The Labute approximate surface area is 43.8 Å². The van der Waals surface area contributed by atoms with E-state index in [1.54, 1.807) is 6.07 Å². The second kappa shape index (κ2) is 1.78. The summed E-state index contributed by atoms with van der Waals surface area (Å²) in [6.07, 6.45) is 0. The van der Waals surface area contributed by atoms with E-state index >= 15 is 0 Å². The van der Waals surface area contributed by atoms with Crippen molar-refractivity contribution in [2.24, 2.45) is 0 Å². The van der Waals surface area contributed by atoms with Crippen LogP contribution in [0.5, 0.6) is 0 Å². The molecule has 0 saturated carbocycles. The Bertz CT molecular complexity index is 130. The average molecular weight is 89.1 g/mol. The number of benzene rings is 1. The maximum atomic E-state index is 2.94. The Morgan fingerprint density at radius 2 is 2.29 bits per heavy atom. The topological polar surface area (TPSA) is 0 Å². The van der Waals surface area contributed by atoms with Gasteiger partial charge in [-0.2, -0.15) is 0 Å². The smallest absolute Gasteiger partial charge is 0.00606 e. The Hall–Kier alpha value is -0.780. The highest BCUT2D eigenvalue weighted by Gasteiger charge is 1.74. The molecule has 0 N–H and O–H groups in total. The van der Waals surface area contributed by atoms with Crippen LogP contribution >= 0.6 is 0 Å². The summed E-state index contributed by atoms with van der Waals surface area (Å²) in [5.41, 5.74) is 1.02. The molecular formula is C7H5. The van der Waals surface area contributed by atoms with Crippen LogP contribution in [0.4, 0.5) is 0 Å². The molecule has 1 aromatic rings. The van der Waals surface area contributed by atoms with Gasteiger partial charge in [-0.15, -0.1) is 0 Å². The van der Waals surface area contributed by atoms with Crippen LogP contribution in [0.15, 0.2) is 12.1 Å². The quantitative estimate of drug-likeness (QED) is 0.450. The second-order valence-corrected chi connectivity index (χ2v) is 1.37. The molecule has 33 valence electrons. The summed E-state index contributed by atoms with van der Waals surface area (Å²) in [7, 11) is 0. The first-order valence-corrected chi connectivity index (χ1v) is 2.16. The molecule has 0 spiro atoms. The van der Waals surface area contributed by atoms with E-state index in [4.69, 9.17) is 0 Å². The molecule has 0 heterocycles. The lowest BCUT2D eigenvalue weighted by molar-refractivity contribution is 1.44. The lowest BCUT2D eigenvalue weighted by atomic mass is 10.2. The summed E-state index contributed by atoms with van der Waals surface area (Å²) in [5.74, 6) is 0. The average Bonchev–Trinajstić information content (AvgIpc) is 1.69. The lowest BCUT2D eigenvalue weighted by Crippen LogP contribution is -1.65. The highest BCUT2D eigenvalue weighted by Crippen LogP contribution is 1.88. The highest BCUT2D eigenvalue weighted by molar-refractivity contribution is 5.07. The van der Waals surface area contributed by atoms with Gasteiger partial charge in [0.05, 0.1) is 0 Å². The van der Waals surface area contributed by atoms with Gasteiger partial charge in [0.25, 0.3) is 0 Å². The van der Waals surface area contributed by atoms with Crippen molar-refractivity contribution in [3.05, 3.63) is 35.9 Å². The van der Waals surface area contributed by atoms with Crippen LogP contribution in [0.25, 0.3) is 0 Å². The minimum atomic E-state index is 1.02. The first-order chi connectivity index (χ1) is 3.39. The molecule has 0 aromatic heterocycles. The zero-order chi connectivity index (χ0) is 5.11. The molecule has 0 saturated heterocycles. The molecule has 1 rings (SSSR count). The minimum absolute atomic E-state index is 1.02. The van der Waals surface area contributed by atoms with Gasteiger partial charge in [-0.05, 0) is 30.7 Å². The summed E-state index contributed by atoms with van der Waals surface area (Å²) in [4.78, 5) is 0. The van der Waals surface area contributed by atoms with Crippen molar-refractivity contribution in [3.63, 3.8) is 0 Å². The summed E-state index contributed by atoms with van der Waals surface area (Å²) < 4.78 is 0. The third kappa shape index (κ3) is 1.04. The first-order valence-electron chi connectivity index (χ1n) is 2.16. The van der Waals surface area contributed by atoms with Gasteiger partial charge in [0, 0.05) is 0 Å². The van der Waals surface area contributed by atoms with E-state index < -0.39 is 0 Å². The van der Waals surface area contributed by atoms with E-state index in [2.05, 4.69) is 18.2 Å². The molecule has 0 fully saturated rings. The standard InChI is InChI=1S/C7H5/c1-7-5-3-2-4-6-7/h2-3H,1H3. The van der Waals surface area contributed by atoms with Gasteiger partial charge in [0.2, 0.25) is 0 Å². The predicted molar refractivity (Wildman–Crippen MR) is 27.7 cm³/mol. The van der Waals surface area contributed by atoms with Crippen molar-refractivity contribution in [2.45, 2.75) is 6.92 Å². The highest BCUT2D eigenvalue weighted by atomic mass is 13.8. The molecule has 0 aliphatic carbocycles. The molecule has 0 bridgehead atoms. The van der Waals surface area contributed by atoms with Crippen molar-refractivity contribution in [3.8, 4) is 0 Å². The third-order valence-corrected chi connectivity index (χ3v) is 0.726. The van der Waals surface area contributed by atoms with Gasteiger partial charge in [0.1, 0.15) is 0 Å². The molecule has 0 heteroatoms. The van der Waals surface area contributed by atoms with Crippen LogP contribution in [0.1, 0.15) is 5.56 Å². The van der Waals surface area contributed by atoms with Crippen molar-refractivity contribution in [2.75, 3.05) is 0 Å². The van der Waals surface area contributed by atoms with Gasteiger partial charge in [-0.25, -0.2) is 0 Å². The lowest BCUT2D eigenvalue weighted by Gasteiger charge is -1.79. The van der Waals surface area contributed by atoms with E-state index in [0.29, 0.717) is 0 Å². The number of aryl methyl sites for hydroxylation is 1. The van der Waals surface area contributed by atoms with Crippen LogP contribution in [-0.2, 0) is 0 Å². The maximum Gasteiger partial charge on any atom is -0.00606 e. The van der Waals surface area contributed by atoms with Crippen LogP contribution < -0.4 is 0 Å². The fourth-order valence-corrected chi connectivity index (χ4v) is 0.394.